The molecule has 33 heavy (non-hydrogen) atoms. The Morgan fingerprint density at radius 1 is 1.21 bits per heavy atom. The summed E-state index contributed by atoms with van der Waals surface area (Å²) >= 11 is 0. The molecule has 1 aliphatic heterocycles. The second kappa shape index (κ2) is 9.05. The van der Waals surface area contributed by atoms with Gasteiger partial charge in [0, 0.05) is 37.6 Å². The molecule has 1 aliphatic rings. The van der Waals surface area contributed by atoms with E-state index >= 15 is 0 Å². The first-order valence-electron chi connectivity index (χ1n) is 10.3. The third kappa shape index (κ3) is 4.68. The molecule has 3 N–H and O–H groups in total. The monoisotopic (exact) mass is 476 g/mol. The van der Waals surface area contributed by atoms with Gasteiger partial charge in [0.15, 0.2) is 17.2 Å². The molecule has 0 bridgehead atoms. The fourth-order valence-corrected chi connectivity index (χ4v) is 5.23. The van der Waals surface area contributed by atoms with Gasteiger partial charge in [-0.05, 0) is 43.2 Å². The third-order valence-corrected chi connectivity index (χ3v) is 7.70. The van der Waals surface area contributed by atoms with Crippen molar-refractivity contribution in [3.8, 4) is 11.5 Å². The Morgan fingerprint density at radius 3 is 2.67 bits per heavy atom. The van der Waals surface area contributed by atoms with E-state index in [1.54, 1.807) is 12.3 Å². The Morgan fingerprint density at radius 2 is 2.00 bits per heavy atom. The van der Waals surface area contributed by atoms with E-state index in [2.05, 4.69) is 38.2 Å². The number of rotatable bonds is 5. The Bertz CT molecular complexity index is 1190. The molecule has 2 atom stereocenters. The van der Waals surface area contributed by atoms with Crippen molar-refractivity contribution in [2.45, 2.75) is 18.3 Å². The molecule has 174 valence electrons. The van der Waals surface area contributed by atoms with Crippen molar-refractivity contribution in [2.24, 2.45) is 11.7 Å². The van der Waals surface area contributed by atoms with E-state index in [0.717, 1.165) is 30.9 Å². The SMILES string of the molecule is CP(C)C1CC(/C(C=N)=C/N)CN(c2ccnc(-c3cnc4cnc(C(F)(F)F)cn34)n2)C1. The number of alkyl halides is 3. The lowest BCUT2D eigenvalue weighted by Gasteiger charge is -2.40. The van der Waals surface area contributed by atoms with E-state index in [1.165, 1.54) is 23.0 Å². The molecular weight excluding hydrogens is 452 g/mol. The Hall–Kier alpha value is -3.07. The zero-order valence-electron chi connectivity index (χ0n) is 18.2. The van der Waals surface area contributed by atoms with Crippen LogP contribution < -0.4 is 10.6 Å². The summed E-state index contributed by atoms with van der Waals surface area (Å²) in [4.78, 5) is 18.7. The zero-order chi connectivity index (χ0) is 23.8. The van der Waals surface area contributed by atoms with Gasteiger partial charge in [-0.2, -0.15) is 13.2 Å². The van der Waals surface area contributed by atoms with E-state index in [4.69, 9.17) is 11.1 Å². The fourth-order valence-electron chi connectivity index (χ4n) is 4.03. The topological polar surface area (TPSA) is 109 Å². The predicted octanol–water partition coefficient (Wildman–Crippen LogP) is 3.63. The second-order valence-electron chi connectivity index (χ2n) is 8.15. The summed E-state index contributed by atoms with van der Waals surface area (Å²) in [6, 6.07) is 1.79. The minimum absolute atomic E-state index is 0.103. The molecule has 0 aromatic carbocycles. The van der Waals surface area contributed by atoms with Gasteiger partial charge < -0.3 is 16.0 Å². The second-order valence-corrected chi connectivity index (χ2v) is 10.8. The third-order valence-electron chi connectivity index (χ3n) is 5.87. The van der Waals surface area contributed by atoms with Crippen LogP contribution in [0.4, 0.5) is 19.0 Å². The van der Waals surface area contributed by atoms with Gasteiger partial charge in [-0.25, -0.2) is 19.9 Å². The van der Waals surface area contributed by atoms with Gasteiger partial charge in [0.05, 0.1) is 12.4 Å². The molecule has 0 saturated carbocycles. The van der Waals surface area contributed by atoms with Gasteiger partial charge in [-0.1, -0.05) is 0 Å². The van der Waals surface area contributed by atoms with Crippen molar-refractivity contribution in [2.75, 3.05) is 31.3 Å². The highest BCUT2D eigenvalue weighted by Gasteiger charge is 2.34. The Labute approximate surface area is 190 Å². The number of nitrogens with zero attached hydrogens (tertiary/aromatic N) is 6. The maximum Gasteiger partial charge on any atom is 0.434 e. The minimum Gasteiger partial charge on any atom is -0.404 e. The average Bonchev–Trinajstić information content (AvgIpc) is 3.22. The number of nitrogens with two attached hydrogens (primary N) is 1. The quantitative estimate of drug-likeness (QED) is 0.430. The van der Waals surface area contributed by atoms with Crippen LogP contribution in [0.5, 0.6) is 0 Å². The van der Waals surface area contributed by atoms with Gasteiger partial charge >= 0.3 is 6.18 Å². The number of imidazole rings is 1. The first kappa shape index (κ1) is 23.1. The minimum atomic E-state index is -4.57. The van der Waals surface area contributed by atoms with Crippen molar-refractivity contribution >= 4 is 25.6 Å². The molecule has 0 aliphatic carbocycles. The van der Waals surface area contributed by atoms with Gasteiger partial charge in [-0.15, -0.1) is 7.92 Å². The van der Waals surface area contributed by atoms with Crippen molar-refractivity contribution in [3.05, 3.63) is 48.3 Å². The highest BCUT2D eigenvalue weighted by atomic mass is 31.1. The number of halogens is 3. The lowest BCUT2D eigenvalue weighted by Crippen LogP contribution is -2.43. The molecule has 0 spiro atoms. The average molecular weight is 476 g/mol. The molecule has 0 radical (unpaired) electrons. The van der Waals surface area contributed by atoms with Crippen LogP contribution in [0.3, 0.4) is 0 Å². The van der Waals surface area contributed by atoms with Crippen LogP contribution in [0.25, 0.3) is 17.2 Å². The largest absolute Gasteiger partial charge is 0.434 e. The van der Waals surface area contributed by atoms with E-state index in [9.17, 15) is 13.2 Å². The van der Waals surface area contributed by atoms with Gasteiger partial charge in [-0.3, -0.25) is 4.40 Å². The lowest BCUT2D eigenvalue weighted by molar-refractivity contribution is -0.141. The number of hydrogen-bond acceptors (Lipinski definition) is 7. The Kier molecular flexibility index (Phi) is 6.34. The predicted molar refractivity (Wildman–Crippen MR) is 123 cm³/mol. The maximum absolute atomic E-state index is 13.2. The van der Waals surface area contributed by atoms with E-state index in [-0.39, 0.29) is 25.3 Å². The molecule has 1 saturated heterocycles. The summed E-state index contributed by atoms with van der Waals surface area (Å²) in [6.07, 6.45) is 4.20. The molecule has 3 aromatic heterocycles. The molecule has 0 amide bonds. The summed E-state index contributed by atoms with van der Waals surface area (Å²) < 4.78 is 40.8. The lowest BCUT2D eigenvalue weighted by atomic mass is 9.91. The van der Waals surface area contributed by atoms with Crippen LogP contribution in [0.15, 0.2) is 42.6 Å². The molecule has 2 unspecified atom stereocenters. The highest BCUT2D eigenvalue weighted by Crippen LogP contribution is 2.41. The normalized spacial score (nSPS) is 19.9. The van der Waals surface area contributed by atoms with Gasteiger partial charge in [0.2, 0.25) is 0 Å². The number of anilines is 1. The molecule has 4 heterocycles. The standard InChI is InChI=1S/C21H24F3N8P/c1-33(2)15-5-13(14(6-25)7-26)10-31(11-15)18-3-4-27-20(30-18)16-8-29-19-9-28-17(12-32(16)19)21(22,23)24/h3-4,6-9,12-13,15,25H,5,10-11,26H2,1-2H3/b14-7+,25-6?. The Balaban J connectivity index is 1.71. The molecule has 12 heteroatoms. The number of nitrogens with one attached hydrogen (secondary N) is 1. The summed E-state index contributed by atoms with van der Waals surface area (Å²) in [6.45, 7) is 5.90. The zero-order valence-corrected chi connectivity index (χ0v) is 19.1. The molecular formula is C21H24F3N8P. The maximum atomic E-state index is 13.2. The van der Waals surface area contributed by atoms with Gasteiger partial charge in [0.25, 0.3) is 0 Å². The molecule has 8 nitrogen and oxygen atoms in total. The molecule has 4 rings (SSSR count). The summed E-state index contributed by atoms with van der Waals surface area (Å²) in [5, 5.41) is 7.70. The van der Waals surface area contributed by atoms with E-state index in [0.29, 0.717) is 23.7 Å². The smallest absolute Gasteiger partial charge is 0.404 e. The van der Waals surface area contributed by atoms with Crippen LogP contribution in [0.1, 0.15) is 12.1 Å². The first-order chi connectivity index (χ1) is 15.7. The van der Waals surface area contributed by atoms with Crippen molar-refractivity contribution in [1.29, 1.82) is 5.41 Å². The molecule has 1 fully saturated rings. The molecule has 3 aromatic rings. The fraction of sp³-hybridized carbons (Fsp3) is 0.381. The van der Waals surface area contributed by atoms with Crippen LogP contribution in [0, 0.1) is 11.3 Å². The van der Waals surface area contributed by atoms with Crippen molar-refractivity contribution < 1.29 is 13.2 Å². The van der Waals surface area contributed by atoms with E-state index < -0.39 is 11.9 Å². The number of hydrogen-bond donors (Lipinski definition) is 2. The highest BCUT2D eigenvalue weighted by molar-refractivity contribution is 7.56. The first-order valence-corrected chi connectivity index (χ1v) is 12.6. The summed E-state index contributed by atoms with van der Waals surface area (Å²) in [5.74, 6) is 1.05. The van der Waals surface area contributed by atoms with Crippen molar-refractivity contribution in [3.63, 3.8) is 0 Å². The van der Waals surface area contributed by atoms with Crippen LogP contribution in [-0.4, -0.2) is 62.6 Å². The van der Waals surface area contributed by atoms with Crippen LogP contribution >= 0.6 is 7.92 Å². The van der Waals surface area contributed by atoms with Gasteiger partial charge in [0.1, 0.15) is 11.5 Å². The number of fused-ring (bicyclic) bond motifs is 1. The van der Waals surface area contributed by atoms with E-state index in [1.807, 2.05) is 0 Å². The van der Waals surface area contributed by atoms with Crippen molar-refractivity contribution in [1.82, 2.24) is 24.3 Å². The van der Waals surface area contributed by atoms with Crippen LogP contribution in [0.2, 0.25) is 0 Å². The number of aromatic nitrogens is 5. The number of piperidine rings is 1. The van der Waals surface area contributed by atoms with Crippen LogP contribution in [-0.2, 0) is 6.18 Å². The summed E-state index contributed by atoms with van der Waals surface area (Å²) in [5.41, 5.74) is 6.58. The summed E-state index contributed by atoms with van der Waals surface area (Å²) in [7, 11) is -0.235.